The van der Waals surface area contributed by atoms with Crippen LogP contribution in [0.1, 0.15) is 17.5 Å². The highest BCUT2D eigenvalue weighted by atomic mass is 32.2. The summed E-state index contributed by atoms with van der Waals surface area (Å²) in [5, 5.41) is 10.1. The molecule has 1 heterocycles. The molecule has 16 heavy (non-hydrogen) atoms. The Balaban J connectivity index is 2.02. The molecule has 1 aliphatic heterocycles. The van der Waals surface area contributed by atoms with Crippen LogP contribution in [0.25, 0.3) is 0 Å². The maximum absolute atomic E-state index is 12.9. The third-order valence-electron chi connectivity index (χ3n) is 3.24. The van der Waals surface area contributed by atoms with Crippen LogP contribution in [0.5, 0.6) is 0 Å². The van der Waals surface area contributed by atoms with Crippen molar-refractivity contribution in [2.45, 2.75) is 25.9 Å². The van der Waals surface area contributed by atoms with Crippen LogP contribution in [-0.2, 0) is 6.42 Å². The number of rotatable bonds is 3. The van der Waals surface area contributed by atoms with Gasteiger partial charge in [0.05, 0.1) is 6.10 Å². The Hall–Kier alpha value is -0.540. The number of hydrogen-bond donors (Lipinski definition) is 1. The molecule has 2 rings (SSSR count). The van der Waals surface area contributed by atoms with E-state index in [1.165, 1.54) is 12.1 Å². The predicted octanol–water partition coefficient (Wildman–Crippen LogP) is 2.79. The van der Waals surface area contributed by atoms with Crippen molar-refractivity contribution in [1.29, 1.82) is 0 Å². The molecule has 0 aliphatic carbocycles. The van der Waals surface area contributed by atoms with E-state index in [4.69, 9.17) is 0 Å². The van der Waals surface area contributed by atoms with Gasteiger partial charge < -0.3 is 5.11 Å². The van der Waals surface area contributed by atoms with Crippen LogP contribution >= 0.6 is 11.8 Å². The molecular formula is C13H17FOS. The fraction of sp³-hybridized carbons (Fsp3) is 0.538. The number of aliphatic hydroxyl groups excluding tert-OH is 1. The van der Waals surface area contributed by atoms with E-state index in [-0.39, 0.29) is 11.9 Å². The summed E-state index contributed by atoms with van der Waals surface area (Å²) in [5.41, 5.74) is 2.00. The van der Waals surface area contributed by atoms with E-state index in [1.807, 2.05) is 18.7 Å². The molecule has 3 heteroatoms. The quantitative estimate of drug-likeness (QED) is 0.876. The third-order valence-corrected chi connectivity index (χ3v) is 4.43. The Labute approximate surface area is 100 Å². The summed E-state index contributed by atoms with van der Waals surface area (Å²) in [6.07, 6.45) is 1.47. The van der Waals surface area contributed by atoms with Crippen molar-refractivity contribution in [3.63, 3.8) is 0 Å². The summed E-state index contributed by atoms with van der Waals surface area (Å²) in [4.78, 5) is 0. The van der Waals surface area contributed by atoms with Gasteiger partial charge in [-0.3, -0.25) is 0 Å². The Morgan fingerprint density at radius 3 is 3.00 bits per heavy atom. The van der Waals surface area contributed by atoms with Gasteiger partial charge in [0, 0.05) is 0 Å². The molecule has 0 spiro atoms. The van der Waals surface area contributed by atoms with Crippen molar-refractivity contribution in [2.75, 3.05) is 11.5 Å². The Morgan fingerprint density at radius 2 is 2.38 bits per heavy atom. The highest BCUT2D eigenvalue weighted by Gasteiger charge is 2.24. The normalized spacial score (nSPS) is 22.3. The zero-order chi connectivity index (χ0) is 11.5. The van der Waals surface area contributed by atoms with Crippen LogP contribution in [-0.4, -0.2) is 22.7 Å². The summed E-state index contributed by atoms with van der Waals surface area (Å²) in [5.74, 6) is 2.42. The van der Waals surface area contributed by atoms with Gasteiger partial charge >= 0.3 is 0 Å². The predicted molar refractivity (Wildman–Crippen MR) is 66.3 cm³/mol. The van der Waals surface area contributed by atoms with Gasteiger partial charge in [-0.15, -0.1) is 0 Å². The standard InChI is InChI=1S/C13H17FOS/c1-9-6-12(14)3-2-10(9)7-13(15)11-4-5-16-8-11/h2-3,6,11,13,15H,4-5,7-8H2,1H3. The van der Waals surface area contributed by atoms with Crippen LogP contribution < -0.4 is 0 Å². The lowest BCUT2D eigenvalue weighted by Crippen LogP contribution is -2.22. The second kappa shape index (κ2) is 5.19. The molecule has 0 amide bonds. The van der Waals surface area contributed by atoms with Crippen LogP contribution in [0, 0.1) is 18.7 Å². The first-order valence-electron chi connectivity index (χ1n) is 5.67. The van der Waals surface area contributed by atoms with Crippen molar-refractivity contribution in [3.05, 3.63) is 35.1 Å². The zero-order valence-electron chi connectivity index (χ0n) is 9.45. The molecular weight excluding hydrogens is 223 g/mol. The molecule has 1 saturated heterocycles. The molecule has 88 valence electrons. The average molecular weight is 240 g/mol. The summed E-state index contributed by atoms with van der Waals surface area (Å²) in [6.45, 7) is 1.90. The second-order valence-corrected chi connectivity index (χ2v) is 5.62. The van der Waals surface area contributed by atoms with E-state index < -0.39 is 0 Å². The maximum atomic E-state index is 12.9. The van der Waals surface area contributed by atoms with E-state index in [9.17, 15) is 9.50 Å². The zero-order valence-corrected chi connectivity index (χ0v) is 10.3. The van der Waals surface area contributed by atoms with Crippen molar-refractivity contribution in [2.24, 2.45) is 5.92 Å². The monoisotopic (exact) mass is 240 g/mol. The fourth-order valence-electron chi connectivity index (χ4n) is 2.14. The molecule has 1 aromatic rings. The first kappa shape index (κ1) is 11.9. The second-order valence-electron chi connectivity index (χ2n) is 4.47. The van der Waals surface area contributed by atoms with Gasteiger partial charge in [0.2, 0.25) is 0 Å². The highest BCUT2D eigenvalue weighted by molar-refractivity contribution is 7.99. The summed E-state index contributed by atoms with van der Waals surface area (Å²) in [7, 11) is 0. The maximum Gasteiger partial charge on any atom is 0.123 e. The van der Waals surface area contributed by atoms with E-state index in [0.29, 0.717) is 12.3 Å². The van der Waals surface area contributed by atoms with Gasteiger partial charge in [-0.2, -0.15) is 11.8 Å². The Morgan fingerprint density at radius 1 is 1.56 bits per heavy atom. The first-order valence-corrected chi connectivity index (χ1v) is 6.83. The van der Waals surface area contributed by atoms with Crippen LogP contribution in [0.3, 0.4) is 0 Å². The number of aliphatic hydroxyl groups is 1. The van der Waals surface area contributed by atoms with Gasteiger partial charge in [-0.1, -0.05) is 6.07 Å². The first-order chi connectivity index (χ1) is 7.66. The van der Waals surface area contributed by atoms with Gasteiger partial charge in [-0.05, 0) is 60.4 Å². The minimum Gasteiger partial charge on any atom is -0.392 e. The minimum atomic E-state index is -0.279. The highest BCUT2D eigenvalue weighted by Crippen LogP contribution is 2.28. The molecule has 1 fully saturated rings. The topological polar surface area (TPSA) is 20.2 Å². The van der Waals surface area contributed by atoms with E-state index >= 15 is 0 Å². The average Bonchev–Trinajstić information content (AvgIpc) is 2.75. The number of hydrogen-bond acceptors (Lipinski definition) is 2. The van der Waals surface area contributed by atoms with E-state index in [2.05, 4.69) is 0 Å². The smallest absolute Gasteiger partial charge is 0.123 e. The molecule has 1 aliphatic rings. The number of thioether (sulfide) groups is 1. The molecule has 0 bridgehead atoms. The SMILES string of the molecule is Cc1cc(F)ccc1CC(O)C1CCSC1. The molecule has 0 saturated carbocycles. The summed E-state index contributed by atoms with van der Waals surface area (Å²) >= 11 is 1.91. The van der Waals surface area contributed by atoms with Crippen LogP contribution in [0.4, 0.5) is 4.39 Å². The third kappa shape index (κ3) is 2.77. The number of halogens is 1. The van der Waals surface area contributed by atoms with Gasteiger partial charge in [0.15, 0.2) is 0 Å². The number of aryl methyl sites for hydroxylation is 1. The molecule has 2 unspecified atom stereocenters. The largest absolute Gasteiger partial charge is 0.392 e. The van der Waals surface area contributed by atoms with Gasteiger partial charge in [-0.25, -0.2) is 4.39 Å². The van der Waals surface area contributed by atoms with E-state index in [0.717, 1.165) is 29.1 Å². The summed E-state index contributed by atoms with van der Waals surface area (Å²) < 4.78 is 12.9. The molecule has 1 N–H and O–H groups in total. The molecule has 2 atom stereocenters. The molecule has 1 nitrogen and oxygen atoms in total. The Kier molecular flexibility index (Phi) is 3.87. The molecule has 0 aromatic heterocycles. The van der Waals surface area contributed by atoms with E-state index in [1.54, 1.807) is 6.07 Å². The Bertz CT molecular complexity index is 361. The van der Waals surface area contributed by atoms with Crippen molar-refractivity contribution in [3.8, 4) is 0 Å². The van der Waals surface area contributed by atoms with Crippen LogP contribution in [0.15, 0.2) is 18.2 Å². The lowest BCUT2D eigenvalue weighted by Gasteiger charge is -2.18. The molecule has 0 radical (unpaired) electrons. The lowest BCUT2D eigenvalue weighted by molar-refractivity contribution is 0.120. The number of benzene rings is 1. The van der Waals surface area contributed by atoms with Gasteiger partial charge in [0.25, 0.3) is 0 Å². The summed E-state index contributed by atoms with van der Waals surface area (Å²) in [6, 6.07) is 4.79. The van der Waals surface area contributed by atoms with Crippen molar-refractivity contribution < 1.29 is 9.50 Å². The fourth-order valence-corrected chi connectivity index (χ4v) is 3.46. The van der Waals surface area contributed by atoms with Gasteiger partial charge in [0.1, 0.15) is 5.82 Å². The van der Waals surface area contributed by atoms with Crippen LogP contribution in [0.2, 0.25) is 0 Å². The minimum absolute atomic E-state index is 0.202. The van der Waals surface area contributed by atoms with Crippen molar-refractivity contribution in [1.82, 2.24) is 0 Å². The lowest BCUT2D eigenvalue weighted by atomic mass is 9.94. The molecule has 1 aromatic carbocycles. The van der Waals surface area contributed by atoms with Crippen molar-refractivity contribution >= 4 is 11.8 Å².